The van der Waals surface area contributed by atoms with E-state index in [1.54, 1.807) is 43.5 Å². The number of hydrogen-bond acceptors (Lipinski definition) is 6. The van der Waals surface area contributed by atoms with Gasteiger partial charge in [-0.2, -0.15) is 0 Å². The maximum atomic E-state index is 12.2. The van der Waals surface area contributed by atoms with Crippen molar-refractivity contribution in [2.75, 3.05) is 21.3 Å². The van der Waals surface area contributed by atoms with Crippen LogP contribution in [0.4, 0.5) is 0 Å². The van der Waals surface area contributed by atoms with Crippen molar-refractivity contribution in [1.82, 2.24) is 0 Å². The van der Waals surface area contributed by atoms with Crippen molar-refractivity contribution in [1.29, 1.82) is 0 Å². The molecule has 0 N–H and O–H groups in total. The van der Waals surface area contributed by atoms with E-state index in [1.165, 1.54) is 20.5 Å². The van der Waals surface area contributed by atoms with Gasteiger partial charge in [0.2, 0.25) is 0 Å². The number of rotatable bonds is 8. The molecule has 0 bridgehead atoms. The summed E-state index contributed by atoms with van der Waals surface area (Å²) in [5, 5.41) is 0. The summed E-state index contributed by atoms with van der Waals surface area (Å²) in [5.74, 6) is 2.44. The molecule has 0 heterocycles. The van der Waals surface area contributed by atoms with Crippen LogP contribution in [0.15, 0.2) is 79.1 Å². The standard InChI is InChI=1S/C24H22O6/c1-26-16-22(24(25)28-3)21-12-4-5-13-23(21)30-20-11-7-10-19(15-20)29-18-9-6-8-17(14-18)27-2/h4-16H,1-3H3/b22-16+. The largest absolute Gasteiger partial charge is 0.503 e. The molecule has 6 nitrogen and oxygen atoms in total. The van der Waals surface area contributed by atoms with E-state index in [-0.39, 0.29) is 5.57 Å². The first-order valence-corrected chi connectivity index (χ1v) is 9.15. The van der Waals surface area contributed by atoms with Crippen LogP contribution in [-0.2, 0) is 14.3 Å². The highest BCUT2D eigenvalue weighted by atomic mass is 16.5. The van der Waals surface area contributed by atoms with Gasteiger partial charge in [0.25, 0.3) is 0 Å². The molecule has 3 rings (SSSR count). The number of benzene rings is 3. The SMILES string of the molecule is CO/C=C(/C(=O)OC)c1ccccc1Oc1cccc(Oc2cccc(OC)c2)c1. The zero-order valence-electron chi connectivity index (χ0n) is 17.0. The fraction of sp³-hybridized carbons (Fsp3) is 0.125. The highest BCUT2D eigenvalue weighted by molar-refractivity contribution is 6.17. The first-order valence-electron chi connectivity index (χ1n) is 9.15. The van der Waals surface area contributed by atoms with Crippen molar-refractivity contribution in [3.05, 3.63) is 84.6 Å². The van der Waals surface area contributed by atoms with Gasteiger partial charge in [0, 0.05) is 17.7 Å². The molecule has 6 heteroatoms. The number of carbonyl (C=O) groups excluding carboxylic acids is 1. The van der Waals surface area contributed by atoms with Crippen LogP contribution in [0, 0.1) is 0 Å². The monoisotopic (exact) mass is 406 g/mol. The maximum absolute atomic E-state index is 12.2. The van der Waals surface area contributed by atoms with E-state index in [0.29, 0.717) is 34.3 Å². The number of hydrogen-bond donors (Lipinski definition) is 0. The molecule has 0 spiro atoms. The summed E-state index contributed by atoms with van der Waals surface area (Å²) in [5.41, 5.74) is 0.796. The normalized spacial score (nSPS) is 10.8. The predicted molar refractivity (Wildman–Crippen MR) is 113 cm³/mol. The molecule has 0 atom stereocenters. The van der Waals surface area contributed by atoms with Crippen LogP contribution in [0.5, 0.6) is 28.7 Å². The lowest BCUT2D eigenvalue weighted by molar-refractivity contribution is -0.133. The van der Waals surface area contributed by atoms with E-state index in [9.17, 15) is 4.79 Å². The molecule has 0 aromatic heterocycles. The first kappa shape index (κ1) is 20.8. The quantitative estimate of drug-likeness (QED) is 0.282. The van der Waals surface area contributed by atoms with Gasteiger partial charge >= 0.3 is 5.97 Å². The topological polar surface area (TPSA) is 63.2 Å². The second-order valence-electron chi connectivity index (χ2n) is 6.11. The summed E-state index contributed by atoms with van der Waals surface area (Å²) < 4.78 is 27.1. The van der Waals surface area contributed by atoms with Crippen molar-refractivity contribution >= 4 is 11.5 Å². The van der Waals surface area contributed by atoms with Gasteiger partial charge in [-0.15, -0.1) is 0 Å². The second-order valence-corrected chi connectivity index (χ2v) is 6.11. The summed E-state index contributed by atoms with van der Waals surface area (Å²) in [7, 11) is 4.38. The summed E-state index contributed by atoms with van der Waals surface area (Å²) in [6.07, 6.45) is 1.33. The minimum absolute atomic E-state index is 0.249. The average molecular weight is 406 g/mol. The Labute approximate surface area is 175 Å². The summed E-state index contributed by atoms with van der Waals surface area (Å²) in [4.78, 5) is 12.2. The molecule has 154 valence electrons. The van der Waals surface area contributed by atoms with Gasteiger partial charge in [-0.3, -0.25) is 0 Å². The van der Waals surface area contributed by atoms with Gasteiger partial charge in [0.05, 0.1) is 27.6 Å². The number of esters is 1. The third kappa shape index (κ3) is 5.11. The number of methoxy groups -OCH3 is 3. The third-order valence-electron chi connectivity index (χ3n) is 4.13. The van der Waals surface area contributed by atoms with Gasteiger partial charge < -0.3 is 23.7 Å². The van der Waals surface area contributed by atoms with Crippen LogP contribution in [-0.4, -0.2) is 27.3 Å². The Morgan fingerprint density at radius 2 is 1.33 bits per heavy atom. The van der Waals surface area contributed by atoms with Crippen molar-refractivity contribution < 1.29 is 28.5 Å². The fourth-order valence-electron chi connectivity index (χ4n) is 2.76. The van der Waals surface area contributed by atoms with E-state index in [2.05, 4.69) is 0 Å². The van der Waals surface area contributed by atoms with Crippen LogP contribution in [0.2, 0.25) is 0 Å². The molecule has 0 saturated heterocycles. The van der Waals surface area contributed by atoms with Crippen molar-refractivity contribution in [2.24, 2.45) is 0 Å². The molecule has 0 saturated carbocycles. The van der Waals surface area contributed by atoms with Crippen LogP contribution < -0.4 is 14.2 Å². The summed E-state index contributed by atoms with van der Waals surface area (Å²) >= 11 is 0. The molecule has 0 unspecified atom stereocenters. The summed E-state index contributed by atoms with van der Waals surface area (Å²) in [6.45, 7) is 0. The molecule has 3 aromatic rings. The lowest BCUT2D eigenvalue weighted by Gasteiger charge is -2.13. The molecule has 0 radical (unpaired) electrons. The van der Waals surface area contributed by atoms with Crippen molar-refractivity contribution in [3.8, 4) is 28.7 Å². The summed E-state index contributed by atoms with van der Waals surface area (Å²) in [6, 6.07) is 21.7. The third-order valence-corrected chi connectivity index (χ3v) is 4.13. The molecule has 0 aliphatic carbocycles. The van der Waals surface area contributed by atoms with Gasteiger partial charge in [-0.1, -0.05) is 30.3 Å². The smallest absolute Gasteiger partial charge is 0.341 e. The van der Waals surface area contributed by atoms with Crippen molar-refractivity contribution in [3.63, 3.8) is 0 Å². The van der Waals surface area contributed by atoms with E-state index in [4.69, 9.17) is 23.7 Å². The molecule has 0 fully saturated rings. The highest BCUT2D eigenvalue weighted by Gasteiger charge is 2.18. The van der Waals surface area contributed by atoms with Gasteiger partial charge in [0.1, 0.15) is 34.3 Å². The Morgan fingerprint density at radius 3 is 1.97 bits per heavy atom. The van der Waals surface area contributed by atoms with Crippen LogP contribution in [0.1, 0.15) is 5.56 Å². The molecule has 30 heavy (non-hydrogen) atoms. The number of para-hydroxylation sites is 1. The Morgan fingerprint density at radius 1 is 0.733 bits per heavy atom. The minimum Gasteiger partial charge on any atom is -0.503 e. The lowest BCUT2D eigenvalue weighted by Crippen LogP contribution is -2.05. The van der Waals surface area contributed by atoms with Crippen molar-refractivity contribution in [2.45, 2.75) is 0 Å². The predicted octanol–water partition coefficient (Wildman–Crippen LogP) is 5.44. The van der Waals surface area contributed by atoms with Gasteiger partial charge in [0.15, 0.2) is 0 Å². The van der Waals surface area contributed by atoms with E-state index in [1.807, 2.05) is 36.4 Å². The molecule has 0 aliphatic rings. The van der Waals surface area contributed by atoms with E-state index < -0.39 is 5.97 Å². The Balaban J connectivity index is 1.86. The van der Waals surface area contributed by atoms with Crippen LogP contribution in [0.25, 0.3) is 5.57 Å². The molecular weight excluding hydrogens is 384 g/mol. The second kappa shape index (κ2) is 10.0. The lowest BCUT2D eigenvalue weighted by atomic mass is 10.1. The Kier molecular flexibility index (Phi) is 6.95. The van der Waals surface area contributed by atoms with E-state index in [0.717, 1.165) is 0 Å². The molecule has 0 amide bonds. The van der Waals surface area contributed by atoms with E-state index >= 15 is 0 Å². The maximum Gasteiger partial charge on any atom is 0.341 e. The zero-order chi connectivity index (χ0) is 21.3. The Bertz CT molecular complexity index is 1040. The average Bonchev–Trinajstić information content (AvgIpc) is 2.78. The van der Waals surface area contributed by atoms with Gasteiger partial charge in [-0.05, 0) is 30.3 Å². The zero-order valence-corrected chi connectivity index (χ0v) is 17.0. The first-order chi connectivity index (χ1) is 14.6. The highest BCUT2D eigenvalue weighted by Crippen LogP contribution is 2.33. The van der Waals surface area contributed by atoms with Gasteiger partial charge in [-0.25, -0.2) is 4.79 Å². The minimum atomic E-state index is -0.525. The van der Waals surface area contributed by atoms with Crippen LogP contribution in [0.3, 0.4) is 0 Å². The molecule has 0 aliphatic heterocycles. The van der Waals surface area contributed by atoms with Crippen LogP contribution >= 0.6 is 0 Å². The fourth-order valence-corrected chi connectivity index (χ4v) is 2.76. The number of ether oxygens (including phenoxy) is 5. The molecule has 3 aromatic carbocycles. The number of carbonyl (C=O) groups is 1. The molecular formula is C24H22O6. The Hall–Kier alpha value is -3.93.